The largest absolute Gasteiger partial charge is 0.486 e. The van der Waals surface area contributed by atoms with Gasteiger partial charge in [0.25, 0.3) is 0 Å². The van der Waals surface area contributed by atoms with Crippen LogP contribution in [0.15, 0.2) is 47.4 Å². The summed E-state index contributed by atoms with van der Waals surface area (Å²) in [5.41, 5.74) is 0.655. The third-order valence-corrected chi connectivity index (χ3v) is 6.15. The third kappa shape index (κ3) is 6.74. The number of hydrogen-bond acceptors (Lipinski definition) is 7. The molecule has 0 aliphatic carbocycles. The third-order valence-electron chi connectivity index (χ3n) is 5.08. The molecule has 0 fully saturated rings. The highest BCUT2D eigenvalue weighted by atomic mass is 32.2. The van der Waals surface area contributed by atoms with E-state index in [1.807, 2.05) is 25.1 Å². The Labute approximate surface area is 198 Å². The number of amides is 1. The molecule has 0 saturated carbocycles. The van der Waals surface area contributed by atoms with Crippen molar-refractivity contribution in [3.05, 3.63) is 53.6 Å². The predicted octanol–water partition coefficient (Wildman–Crippen LogP) is 4.20. The second-order valence-electron chi connectivity index (χ2n) is 8.73. The molecule has 3 rings (SSSR count). The first-order chi connectivity index (χ1) is 15.6. The smallest absolute Gasteiger partial charge is 0.339 e. The summed E-state index contributed by atoms with van der Waals surface area (Å²) in [5, 5.41) is 2.96. The lowest BCUT2D eigenvalue weighted by atomic mass is 9.91. The average molecular weight is 472 g/mol. The van der Waals surface area contributed by atoms with Crippen LogP contribution < -0.4 is 14.8 Å². The molecule has 2 aromatic rings. The van der Waals surface area contributed by atoms with E-state index in [4.69, 9.17) is 14.2 Å². The predicted molar refractivity (Wildman–Crippen MR) is 126 cm³/mol. The second-order valence-corrected chi connectivity index (χ2v) is 9.74. The van der Waals surface area contributed by atoms with Gasteiger partial charge in [-0.15, -0.1) is 11.8 Å². The number of benzene rings is 2. The molecule has 0 radical (unpaired) electrons. The summed E-state index contributed by atoms with van der Waals surface area (Å²) in [4.78, 5) is 37.7. The number of Topliss-reactive ketones (excluding diaryl/α,β-unsaturated/α-hetero) is 1. The standard InChI is InChI=1S/C25H29NO6S/c1-16(17-9-10-19-20(13-17)31-12-11-30-19)26-23(28)15-33-21-8-6-5-7-18(21)24(29)32-14-22(27)25(2,3)4/h5-10,13,16H,11-12,14-15H2,1-4H3,(H,26,28). The van der Waals surface area contributed by atoms with E-state index in [1.165, 1.54) is 11.8 Å². The normalized spacial score (nSPS) is 13.7. The Hall–Kier alpha value is -3.00. The van der Waals surface area contributed by atoms with E-state index < -0.39 is 11.4 Å². The minimum absolute atomic E-state index is 0.125. The summed E-state index contributed by atoms with van der Waals surface area (Å²) in [6.07, 6.45) is 0. The van der Waals surface area contributed by atoms with Crippen LogP contribution in [0.4, 0.5) is 0 Å². The van der Waals surface area contributed by atoms with Gasteiger partial charge in [-0.25, -0.2) is 4.79 Å². The van der Waals surface area contributed by atoms with E-state index in [0.717, 1.165) is 5.56 Å². The first kappa shape index (κ1) is 24.6. The van der Waals surface area contributed by atoms with Crippen molar-refractivity contribution in [3.8, 4) is 11.5 Å². The van der Waals surface area contributed by atoms with Gasteiger partial charge in [-0.2, -0.15) is 0 Å². The van der Waals surface area contributed by atoms with Gasteiger partial charge in [0.05, 0.1) is 17.4 Å². The maximum atomic E-state index is 12.5. The maximum Gasteiger partial charge on any atom is 0.339 e. The SMILES string of the molecule is CC(NC(=O)CSc1ccccc1C(=O)OCC(=O)C(C)(C)C)c1ccc2c(c1)OCCO2. The Balaban J connectivity index is 1.56. The van der Waals surface area contributed by atoms with Gasteiger partial charge in [0.15, 0.2) is 23.9 Å². The molecule has 1 unspecified atom stereocenters. The molecule has 7 nitrogen and oxygen atoms in total. The van der Waals surface area contributed by atoms with Crippen LogP contribution in [-0.4, -0.2) is 43.2 Å². The Morgan fingerprint density at radius 2 is 1.76 bits per heavy atom. The molecule has 1 aliphatic rings. The van der Waals surface area contributed by atoms with Crippen molar-refractivity contribution in [2.45, 2.75) is 38.6 Å². The first-order valence-corrected chi connectivity index (χ1v) is 11.7. The van der Waals surface area contributed by atoms with Gasteiger partial charge in [0.2, 0.25) is 5.91 Å². The fraction of sp³-hybridized carbons (Fsp3) is 0.400. The van der Waals surface area contributed by atoms with E-state index in [9.17, 15) is 14.4 Å². The summed E-state index contributed by atoms with van der Waals surface area (Å²) >= 11 is 1.24. The van der Waals surface area contributed by atoms with Crippen LogP contribution in [0.5, 0.6) is 11.5 Å². The number of ether oxygens (including phenoxy) is 3. The summed E-state index contributed by atoms with van der Waals surface area (Å²) in [5.74, 6) is 0.584. The van der Waals surface area contributed by atoms with E-state index in [-0.39, 0.29) is 30.1 Å². The molecule has 1 amide bonds. The highest BCUT2D eigenvalue weighted by Gasteiger charge is 2.23. The summed E-state index contributed by atoms with van der Waals surface area (Å²) in [6.45, 7) is 7.96. The van der Waals surface area contributed by atoms with Crippen LogP contribution >= 0.6 is 11.8 Å². The fourth-order valence-corrected chi connectivity index (χ4v) is 3.88. The molecular formula is C25H29NO6S. The molecule has 0 spiro atoms. The average Bonchev–Trinajstić information content (AvgIpc) is 2.80. The van der Waals surface area contributed by atoms with Crippen molar-refractivity contribution in [1.82, 2.24) is 5.32 Å². The quantitative estimate of drug-likeness (QED) is 0.456. The fourth-order valence-electron chi connectivity index (χ4n) is 3.03. The lowest BCUT2D eigenvalue weighted by Crippen LogP contribution is -2.28. The number of nitrogens with one attached hydrogen (secondary N) is 1. The van der Waals surface area contributed by atoms with Gasteiger partial charge in [-0.3, -0.25) is 9.59 Å². The van der Waals surface area contributed by atoms with Crippen molar-refractivity contribution < 1.29 is 28.6 Å². The molecule has 0 bridgehead atoms. The van der Waals surface area contributed by atoms with Gasteiger partial charge >= 0.3 is 5.97 Å². The Morgan fingerprint density at radius 1 is 1.06 bits per heavy atom. The lowest BCUT2D eigenvalue weighted by Gasteiger charge is -2.21. The van der Waals surface area contributed by atoms with Gasteiger partial charge < -0.3 is 19.5 Å². The van der Waals surface area contributed by atoms with Crippen LogP contribution in [-0.2, 0) is 14.3 Å². The first-order valence-electron chi connectivity index (χ1n) is 10.8. The van der Waals surface area contributed by atoms with E-state index in [2.05, 4.69) is 5.32 Å². The van der Waals surface area contributed by atoms with E-state index >= 15 is 0 Å². The Kier molecular flexibility index (Phi) is 8.02. The molecule has 8 heteroatoms. The van der Waals surface area contributed by atoms with Crippen LogP contribution in [0.2, 0.25) is 0 Å². The van der Waals surface area contributed by atoms with Crippen molar-refractivity contribution >= 4 is 29.4 Å². The number of hydrogen-bond donors (Lipinski definition) is 1. The Morgan fingerprint density at radius 3 is 2.48 bits per heavy atom. The van der Waals surface area contributed by atoms with Crippen molar-refractivity contribution in [1.29, 1.82) is 0 Å². The summed E-state index contributed by atoms with van der Waals surface area (Å²) < 4.78 is 16.3. The zero-order chi connectivity index (χ0) is 24.0. The minimum Gasteiger partial charge on any atom is -0.486 e. The zero-order valence-corrected chi connectivity index (χ0v) is 20.1. The van der Waals surface area contributed by atoms with E-state index in [0.29, 0.717) is 35.2 Å². The number of carbonyl (C=O) groups is 3. The molecular weight excluding hydrogens is 442 g/mol. The monoisotopic (exact) mass is 471 g/mol. The molecule has 2 aromatic carbocycles. The van der Waals surface area contributed by atoms with Gasteiger partial charge in [0.1, 0.15) is 13.2 Å². The van der Waals surface area contributed by atoms with Crippen LogP contribution in [0.25, 0.3) is 0 Å². The zero-order valence-electron chi connectivity index (χ0n) is 19.3. The van der Waals surface area contributed by atoms with Crippen LogP contribution in [0.1, 0.15) is 49.7 Å². The van der Waals surface area contributed by atoms with Crippen molar-refractivity contribution in [3.63, 3.8) is 0 Å². The number of ketones is 1. The molecule has 176 valence electrons. The summed E-state index contributed by atoms with van der Waals surface area (Å²) in [6, 6.07) is 12.3. The van der Waals surface area contributed by atoms with Crippen LogP contribution in [0.3, 0.4) is 0 Å². The van der Waals surface area contributed by atoms with Gasteiger partial charge in [0, 0.05) is 10.3 Å². The molecule has 1 N–H and O–H groups in total. The van der Waals surface area contributed by atoms with Crippen molar-refractivity contribution in [2.24, 2.45) is 5.41 Å². The molecule has 0 aromatic heterocycles. The molecule has 1 atom stereocenters. The molecule has 33 heavy (non-hydrogen) atoms. The topological polar surface area (TPSA) is 90.9 Å². The number of carbonyl (C=O) groups excluding carboxylic acids is 3. The van der Waals surface area contributed by atoms with Crippen molar-refractivity contribution in [2.75, 3.05) is 25.6 Å². The highest BCUT2D eigenvalue weighted by molar-refractivity contribution is 8.00. The number of fused-ring (bicyclic) bond motifs is 1. The number of thioether (sulfide) groups is 1. The molecule has 1 heterocycles. The molecule has 0 saturated heterocycles. The summed E-state index contributed by atoms with van der Waals surface area (Å²) in [7, 11) is 0. The van der Waals surface area contributed by atoms with Gasteiger partial charge in [-0.05, 0) is 36.8 Å². The number of esters is 1. The number of rotatable bonds is 8. The van der Waals surface area contributed by atoms with Crippen LogP contribution in [0, 0.1) is 5.41 Å². The highest BCUT2D eigenvalue weighted by Crippen LogP contribution is 2.32. The lowest BCUT2D eigenvalue weighted by molar-refractivity contribution is -0.129. The molecule has 1 aliphatic heterocycles. The van der Waals surface area contributed by atoms with E-state index in [1.54, 1.807) is 45.0 Å². The Bertz CT molecular complexity index is 1030. The second kappa shape index (κ2) is 10.7. The maximum absolute atomic E-state index is 12.5. The minimum atomic E-state index is -0.583. The van der Waals surface area contributed by atoms with Gasteiger partial charge in [-0.1, -0.05) is 39.0 Å².